The van der Waals surface area contributed by atoms with Crippen LogP contribution in [-0.2, 0) is 0 Å². The molecule has 1 unspecified atom stereocenters. The van der Waals surface area contributed by atoms with Gasteiger partial charge in [-0.15, -0.1) is 0 Å². The number of nitrogens with one attached hydrogen (secondary N) is 1. The van der Waals surface area contributed by atoms with Crippen LogP contribution in [0.4, 0.5) is 5.69 Å². The summed E-state index contributed by atoms with van der Waals surface area (Å²) in [5.74, 6) is 1.39. The fourth-order valence-corrected chi connectivity index (χ4v) is 4.94. The number of nitrogens with zero attached hydrogens (tertiary/aromatic N) is 3. The first-order valence-electron chi connectivity index (χ1n) is 21.1. The van der Waals surface area contributed by atoms with Gasteiger partial charge in [0.15, 0.2) is 6.73 Å². The lowest BCUT2D eigenvalue weighted by atomic mass is 10.0. The summed E-state index contributed by atoms with van der Waals surface area (Å²) in [5.41, 5.74) is 8.95. The highest BCUT2D eigenvalue weighted by Crippen LogP contribution is 2.33. The Morgan fingerprint density at radius 3 is 1.96 bits per heavy atom. The molecule has 1 atom stereocenters. The van der Waals surface area contributed by atoms with Crippen LogP contribution in [0.15, 0.2) is 97.6 Å². The van der Waals surface area contributed by atoms with Crippen molar-refractivity contribution in [2.24, 2.45) is 5.73 Å². The molecule has 2 aliphatic heterocycles. The molecule has 3 aromatic carbocycles. The maximum Gasteiger partial charge on any atom is 0.264 e. The van der Waals surface area contributed by atoms with Gasteiger partial charge in [0.2, 0.25) is 0 Å². The molecule has 0 radical (unpaired) electrons. The van der Waals surface area contributed by atoms with E-state index < -0.39 is 0 Å². The van der Waals surface area contributed by atoms with Crippen molar-refractivity contribution in [1.29, 1.82) is 0 Å². The molecule has 8 nitrogen and oxygen atoms in total. The molecule has 1 fully saturated rings. The van der Waals surface area contributed by atoms with Crippen LogP contribution in [0, 0.1) is 0 Å². The van der Waals surface area contributed by atoms with E-state index >= 15 is 0 Å². The lowest BCUT2D eigenvalue weighted by molar-refractivity contribution is 0.0937. The molecule has 0 saturated carbocycles. The molecular formula is C48H81N5O3. The van der Waals surface area contributed by atoms with Gasteiger partial charge in [0.05, 0.1) is 12.2 Å². The van der Waals surface area contributed by atoms with E-state index in [9.17, 15) is 4.79 Å². The number of allylic oxidation sites excluding steroid dienone is 3. The van der Waals surface area contributed by atoms with Crippen molar-refractivity contribution in [3.05, 3.63) is 103 Å². The fourth-order valence-electron chi connectivity index (χ4n) is 4.94. The van der Waals surface area contributed by atoms with Crippen molar-refractivity contribution in [2.45, 2.75) is 101 Å². The second-order valence-electron chi connectivity index (χ2n) is 13.0. The zero-order valence-corrected chi connectivity index (χ0v) is 37.6. The van der Waals surface area contributed by atoms with E-state index in [-0.39, 0.29) is 12.6 Å². The van der Waals surface area contributed by atoms with Crippen LogP contribution in [0.2, 0.25) is 0 Å². The largest absolute Gasteiger partial charge is 0.494 e. The SMILES string of the molecule is C=C/C=C\C.CC.CC.CCC.CCC.CN1CCN(CCCOc2ccc(N3COc4cc(-c5ccccc5)ccc4C3=O)cc2)CC1.CNCCC(C)N. The molecule has 2 aliphatic rings. The minimum absolute atomic E-state index is 0.0540. The molecule has 3 N–H and O–H groups in total. The van der Waals surface area contributed by atoms with Gasteiger partial charge in [0, 0.05) is 44.5 Å². The highest BCUT2D eigenvalue weighted by Gasteiger charge is 2.27. The van der Waals surface area contributed by atoms with Crippen LogP contribution in [0.3, 0.4) is 0 Å². The summed E-state index contributed by atoms with van der Waals surface area (Å²) < 4.78 is 11.9. The van der Waals surface area contributed by atoms with Crippen LogP contribution >= 0.6 is 0 Å². The third kappa shape index (κ3) is 23.9. The van der Waals surface area contributed by atoms with Crippen LogP contribution in [-0.4, -0.2) is 88.5 Å². The summed E-state index contributed by atoms with van der Waals surface area (Å²) in [6.45, 7) is 31.4. The first kappa shape index (κ1) is 54.2. The number of fused-ring (bicyclic) bond motifs is 1. The Labute approximate surface area is 344 Å². The fraction of sp³-hybridized carbons (Fsp3) is 0.521. The van der Waals surface area contributed by atoms with Crippen molar-refractivity contribution in [3.63, 3.8) is 0 Å². The molecule has 3 aromatic rings. The minimum Gasteiger partial charge on any atom is -0.494 e. The predicted molar refractivity (Wildman–Crippen MR) is 247 cm³/mol. The summed E-state index contributed by atoms with van der Waals surface area (Å²) in [7, 11) is 4.11. The van der Waals surface area contributed by atoms with Crippen molar-refractivity contribution < 1.29 is 14.3 Å². The van der Waals surface area contributed by atoms with Gasteiger partial charge in [0.1, 0.15) is 11.5 Å². The number of benzene rings is 3. The first-order valence-corrected chi connectivity index (χ1v) is 21.1. The van der Waals surface area contributed by atoms with E-state index in [1.54, 1.807) is 11.0 Å². The number of carbonyl (C=O) groups excluding carboxylic acids is 1. The van der Waals surface area contributed by atoms with Crippen molar-refractivity contribution in [2.75, 3.05) is 71.6 Å². The number of piperazine rings is 1. The minimum atomic E-state index is -0.0540. The average molecular weight is 776 g/mol. The van der Waals surface area contributed by atoms with Gasteiger partial charge in [0.25, 0.3) is 5.91 Å². The third-order valence-electron chi connectivity index (χ3n) is 7.72. The number of nitrogens with two attached hydrogens (primary N) is 1. The number of carbonyl (C=O) groups is 1. The van der Waals surface area contributed by atoms with E-state index in [0.29, 0.717) is 24.0 Å². The van der Waals surface area contributed by atoms with Gasteiger partial charge < -0.3 is 30.3 Å². The summed E-state index contributed by atoms with van der Waals surface area (Å²) in [6, 6.07) is 23.9. The smallest absolute Gasteiger partial charge is 0.264 e. The molecule has 1 amide bonds. The molecule has 0 spiro atoms. The Kier molecular flexibility index (Phi) is 35.5. The molecule has 0 aliphatic carbocycles. The predicted octanol–water partition coefficient (Wildman–Crippen LogP) is 10.9. The zero-order valence-electron chi connectivity index (χ0n) is 37.6. The summed E-state index contributed by atoms with van der Waals surface area (Å²) >= 11 is 0. The Hall–Kier alpha value is -3.95. The lowest BCUT2D eigenvalue weighted by Gasteiger charge is -2.32. The lowest BCUT2D eigenvalue weighted by Crippen LogP contribution is -2.44. The maximum absolute atomic E-state index is 13.1. The second-order valence-corrected chi connectivity index (χ2v) is 13.0. The number of hydrogen-bond acceptors (Lipinski definition) is 7. The number of ether oxygens (including phenoxy) is 2. The number of anilines is 1. The molecule has 5 rings (SSSR count). The van der Waals surface area contributed by atoms with E-state index in [1.165, 1.54) is 12.8 Å². The molecule has 316 valence electrons. The zero-order chi connectivity index (χ0) is 42.6. The van der Waals surface area contributed by atoms with Crippen molar-refractivity contribution in [1.82, 2.24) is 15.1 Å². The average Bonchev–Trinajstić information content (AvgIpc) is 3.23. The maximum atomic E-state index is 13.1. The summed E-state index contributed by atoms with van der Waals surface area (Å²) in [4.78, 5) is 19.7. The number of hydrogen-bond donors (Lipinski definition) is 2. The van der Waals surface area contributed by atoms with E-state index in [2.05, 4.69) is 68.6 Å². The van der Waals surface area contributed by atoms with Gasteiger partial charge in [-0.1, -0.05) is 129 Å². The Balaban J connectivity index is 0. The van der Waals surface area contributed by atoms with E-state index in [1.807, 2.05) is 121 Å². The molecule has 0 aromatic heterocycles. The summed E-state index contributed by atoms with van der Waals surface area (Å²) in [6.07, 6.45) is 10.1. The first-order chi connectivity index (χ1) is 27.2. The molecular weight excluding hydrogens is 695 g/mol. The topological polar surface area (TPSA) is 83.3 Å². The molecule has 0 bridgehead atoms. The molecule has 56 heavy (non-hydrogen) atoms. The van der Waals surface area contributed by atoms with Crippen molar-refractivity contribution in [3.8, 4) is 22.6 Å². The normalized spacial score (nSPS) is 13.6. The van der Waals surface area contributed by atoms with Gasteiger partial charge in [-0.05, 0) is 94.9 Å². The Bertz CT molecular complexity index is 1370. The van der Waals surface area contributed by atoms with Gasteiger partial charge in [-0.3, -0.25) is 9.69 Å². The van der Waals surface area contributed by atoms with E-state index in [4.69, 9.17) is 15.2 Å². The molecule has 2 heterocycles. The van der Waals surface area contributed by atoms with Crippen LogP contribution in [0.25, 0.3) is 11.1 Å². The highest BCUT2D eigenvalue weighted by atomic mass is 16.5. The third-order valence-corrected chi connectivity index (χ3v) is 7.72. The number of amides is 1. The van der Waals surface area contributed by atoms with Gasteiger partial charge in [-0.25, -0.2) is 0 Å². The Morgan fingerprint density at radius 2 is 1.48 bits per heavy atom. The standard InChI is InChI=1S/C28H31N3O3.C5H14N2.C5H8.2C3H8.2C2H6/c1-29-15-17-30(18-16-29)14-5-19-33-25-11-9-24(10-12-25)31-21-34-27-20-23(8-13-26(27)28(31)32)22-6-3-2-4-7-22;1-5(6)3-4-7-2;1-3-5-4-2;2*1-3-2;2*1-2/h2-4,6-13,20H,5,14-19,21H2,1H3;5,7H,3-4,6H2,1-2H3;3-5H,1H2,2H3;2*3H2,1-2H3;2*1-2H3/b;;5-4-;;;;. The van der Waals surface area contributed by atoms with E-state index in [0.717, 1.165) is 74.7 Å². The Morgan fingerprint density at radius 1 is 0.893 bits per heavy atom. The van der Waals surface area contributed by atoms with Crippen molar-refractivity contribution >= 4 is 11.6 Å². The number of likely N-dealkylation sites (N-methyl/N-ethyl adjacent to an activating group) is 1. The second kappa shape index (κ2) is 36.7. The monoisotopic (exact) mass is 776 g/mol. The highest BCUT2D eigenvalue weighted by molar-refractivity contribution is 6.09. The van der Waals surface area contributed by atoms with Crippen LogP contribution in [0.5, 0.6) is 11.5 Å². The van der Waals surface area contributed by atoms with Crippen LogP contribution in [0.1, 0.15) is 105 Å². The van der Waals surface area contributed by atoms with Crippen LogP contribution < -0.4 is 25.4 Å². The van der Waals surface area contributed by atoms with Gasteiger partial charge in [-0.2, -0.15) is 0 Å². The van der Waals surface area contributed by atoms with Gasteiger partial charge >= 0.3 is 0 Å². The summed E-state index contributed by atoms with van der Waals surface area (Å²) in [5, 5.41) is 3.02. The molecule has 1 saturated heterocycles. The quantitative estimate of drug-likeness (QED) is 0.148. The number of rotatable bonds is 11. The molecule has 8 heteroatoms.